The molecule has 0 saturated heterocycles. The number of nitrogens with zero attached hydrogens (tertiary/aromatic N) is 1. The van der Waals surface area contributed by atoms with E-state index in [-0.39, 0.29) is 30.2 Å². The number of rotatable bonds is 5. The number of ether oxygens (including phenoxy) is 1. The Morgan fingerprint density at radius 2 is 1.84 bits per heavy atom. The van der Waals surface area contributed by atoms with Gasteiger partial charge in [-0.2, -0.15) is 0 Å². The highest BCUT2D eigenvalue weighted by Gasteiger charge is 2.22. The van der Waals surface area contributed by atoms with E-state index >= 15 is 0 Å². The van der Waals surface area contributed by atoms with Crippen molar-refractivity contribution in [1.29, 1.82) is 0 Å². The van der Waals surface area contributed by atoms with Crippen molar-refractivity contribution in [2.24, 2.45) is 0 Å². The summed E-state index contributed by atoms with van der Waals surface area (Å²) in [5.74, 6) is 0.481. The lowest BCUT2D eigenvalue weighted by Gasteiger charge is -2.30. The van der Waals surface area contributed by atoms with Crippen LogP contribution in [-0.4, -0.2) is 29.5 Å². The molecule has 0 spiro atoms. The topological polar surface area (TPSA) is 59.8 Å². The lowest BCUT2D eigenvalue weighted by Crippen LogP contribution is -2.44. The van der Waals surface area contributed by atoms with Crippen molar-refractivity contribution in [3.8, 4) is 5.75 Å². The molecule has 25 heavy (non-hydrogen) atoms. The molecule has 1 amide bonds. The van der Waals surface area contributed by atoms with Crippen LogP contribution in [0.5, 0.6) is 5.75 Å². The van der Waals surface area contributed by atoms with E-state index in [1.165, 1.54) is 0 Å². The maximum absolute atomic E-state index is 12.4. The summed E-state index contributed by atoms with van der Waals surface area (Å²) in [6, 6.07) is 5.70. The molecule has 5 heteroatoms. The minimum Gasteiger partial charge on any atom is -0.484 e. The molecule has 1 heterocycles. The lowest BCUT2D eigenvalue weighted by molar-refractivity contribution is -0.136. The quantitative estimate of drug-likeness (QED) is 0.782. The second-order valence-corrected chi connectivity index (χ2v) is 7.14. The van der Waals surface area contributed by atoms with Crippen LogP contribution in [0.2, 0.25) is 0 Å². The number of carbonyl (C=O) groups excluding carboxylic acids is 1. The Bertz CT molecular complexity index is 843. The summed E-state index contributed by atoms with van der Waals surface area (Å²) in [6.07, 6.45) is 2.70. The molecule has 1 aliphatic rings. The molecule has 1 aliphatic carbocycles. The average Bonchev–Trinajstić information content (AvgIpc) is 3.02. The molecule has 2 aromatic rings. The average molecular weight is 343 g/mol. The number of fused-ring (bicyclic) bond motifs is 3. The monoisotopic (exact) mass is 343 g/mol. The van der Waals surface area contributed by atoms with Crippen molar-refractivity contribution in [3.63, 3.8) is 0 Å². The van der Waals surface area contributed by atoms with Gasteiger partial charge in [-0.3, -0.25) is 4.79 Å². The zero-order valence-corrected chi connectivity index (χ0v) is 15.3. The minimum atomic E-state index is -0.251. The second-order valence-electron chi connectivity index (χ2n) is 7.14. The van der Waals surface area contributed by atoms with Crippen LogP contribution in [0.25, 0.3) is 11.0 Å². The van der Waals surface area contributed by atoms with Crippen LogP contribution in [0.15, 0.2) is 27.4 Å². The maximum atomic E-state index is 12.4. The van der Waals surface area contributed by atoms with E-state index in [0.717, 1.165) is 35.8 Å². The van der Waals surface area contributed by atoms with Gasteiger partial charge >= 0.3 is 5.63 Å². The molecule has 0 radical (unpaired) electrons. The number of aryl methyl sites for hydroxylation is 1. The summed E-state index contributed by atoms with van der Waals surface area (Å²) in [4.78, 5) is 26.3. The van der Waals surface area contributed by atoms with Crippen LogP contribution in [0.4, 0.5) is 0 Å². The van der Waals surface area contributed by atoms with Gasteiger partial charge in [-0.25, -0.2) is 4.79 Å². The first kappa shape index (κ1) is 17.5. The third-order valence-electron chi connectivity index (χ3n) is 4.71. The Labute approximate surface area is 147 Å². The van der Waals surface area contributed by atoms with Crippen molar-refractivity contribution >= 4 is 16.9 Å². The van der Waals surface area contributed by atoms with Gasteiger partial charge in [0, 0.05) is 29.1 Å². The number of amides is 1. The predicted molar refractivity (Wildman–Crippen MR) is 97.1 cm³/mol. The van der Waals surface area contributed by atoms with Gasteiger partial charge in [-0.1, -0.05) is 0 Å². The summed E-state index contributed by atoms with van der Waals surface area (Å²) in [7, 11) is 0. The van der Waals surface area contributed by atoms with Crippen LogP contribution in [-0.2, 0) is 17.6 Å². The molecular formula is C20H25NO4. The van der Waals surface area contributed by atoms with Gasteiger partial charge in [0.05, 0.1) is 0 Å². The van der Waals surface area contributed by atoms with Crippen LogP contribution in [0, 0.1) is 0 Å². The van der Waals surface area contributed by atoms with Crippen molar-refractivity contribution in [1.82, 2.24) is 4.90 Å². The molecule has 0 N–H and O–H groups in total. The number of benzene rings is 1. The molecule has 0 fully saturated rings. The standard InChI is InChI=1S/C20H25NO4/c1-12(2)21(13(3)4)19(22)11-24-14-8-9-16-15-6-5-7-17(15)20(23)25-18(16)10-14/h8-10,12-13H,5-7,11H2,1-4H3. The van der Waals surface area contributed by atoms with E-state index in [0.29, 0.717) is 11.3 Å². The van der Waals surface area contributed by atoms with Crippen LogP contribution in [0.3, 0.4) is 0 Å². The summed E-state index contributed by atoms with van der Waals surface area (Å²) < 4.78 is 11.1. The minimum absolute atomic E-state index is 0.0307. The molecule has 1 aromatic heterocycles. The smallest absolute Gasteiger partial charge is 0.339 e. The zero-order chi connectivity index (χ0) is 18.1. The Morgan fingerprint density at radius 3 is 2.52 bits per heavy atom. The molecule has 0 bridgehead atoms. The molecule has 3 rings (SSSR count). The molecule has 0 aliphatic heterocycles. The summed E-state index contributed by atoms with van der Waals surface area (Å²) in [5, 5.41) is 0.969. The molecule has 0 unspecified atom stereocenters. The molecule has 1 aromatic carbocycles. The van der Waals surface area contributed by atoms with Crippen molar-refractivity contribution in [2.75, 3.05) is 6.61 Å². The second kappa shape index (κ2) is 6.90. The number of hydrogen-bond donors (Lipinski definition) is 0. The van der Waals surface area contributed by atoms with Crippen LogP contribution < -0.4 is 10.4 Å². The fourth-order valence-corrected chi connectivity index (χ4v) is 3.75. The zero-order valence-electron chi connectivity index (χ0n) is 15.3. The van der Waals surface area contributed by atoms with Crippen molar-refractivity contribution in [3.05, 3.63) is 39.7 Å². The first-order valence-corrected chi connectivity index (χ1v) is 8.91. The Kier molecular flexibility index (Phi) is 4.84. The van der Waals surface area contributed by atoms with E-state index < -0.39 is 0 Å². The number of hydrogen-bond acceptors (Lipinski definition) is 4. The first-order valence-electron chi connectivity index (χ1n) is 8.91. The molecule has 0 atom stereocenters. The highest BCUT2D eigenvalue weighted by Crippen LogP contribution is 2.29. The van der Waals surface area contributed by atoms with Gasteiger partial charge in [0.1, 0.15) is 11.3 Å². The Balaban J connectivity index is 1.80. The van der Waals surface area contributed by atoms with E-state index in [1.54, 1.807) is 11.0 Å². The molecular weight excluding hydrogens is 318 g/mol. The molecule has 5 nitrogen and oxygen atoms in total. The third-order valence-corrected chi connectivity index (χ3v) is 4.71. The lowest BCUT2D eigenvalue weighted by atomic mass is 10.1. The van der Waals surface area contributed by atoms with E-state index in [4.69, 9.17) is 9.15 Å². The van der Waals surface area contributed by atoms with Crippen LogP contribution in [0.1, 0.15) is 45.2 Å². The van der Waals surface area contributed by atoms with Crippen molar-refractivity contribution < 1.29 is 13.9 Å². The van der Waals surface area contributed by atoms with Crippen molar-refractivity contribution in [2.45, 2.75) is 59.0 Å². The molecule has 134 valence electrons. The van der Waals surface area contributed by atoms with Crippen LogP contribution >= 0.6 is 0 Å². The number of carbonyl (C=O) groups is 1. The van der Waals surface area contributed by atoms with Gasteiger partial charge < -0.3 is 14.1 Å². The van der Waals surface area contributed by atoms with E-state index in [1.807, 2.05) is 39.8 Å². The molecule has 0 saturated carbocycles. The summed E-state index contributed by atoms with van der Waals surface area (Å²) >= 11 is 0. The fourth-order valence-electron chi connectivity index (χ4n) is 3.75. The summed E-state index contributed by atoms with van der Waals surface area (Å²) in [6.45, 7) is 7.93. The van der Waals surface area contributed by atoms with Gasteiger partial charge in [-0.05, 0) is 64.7 Å². The van der Waals surface area contributed by atoms with E-state index in [9.17, 15) is 9.59 Å². The largest absolute Gasteiger partial charge is 0.484 e. The SMILES string of the molecule is CC(C)N(C(=O)COc1ccc2c3c(c(=O)oc2c1)CCC3)C(C)C. The van der Waals surface area contributed by atoms with E-state index in [2.05, 4.69) is 0 Å². The Hall–Kier alpha value is -2.30. The Morgan fingerprint density at radius 1 is 1.16 bits per heavy atom. The summed E-state index contributed by atoms with van der Waals surface area (Å²) in [5.41, 5.74) is 2.18. The highest BCUT2D eigenvalue weighted by atomic mass is 16.5. The van der Waals surface area contributed by atoms with Gasteiger partial charge in [-0.15, -0.1) is 0 Å². The first-order chi connectivity index (χ1) is 11.9. The maximum Gasteiger partial charge on any atom is 0.339 e. The fraction of sp³-hybridized carbons (Fsp3) is 0.500. The highest BCUT2D eigenvalue weighted by molar-refractivity contribution is 5.83. The van der Waals surface area contributed by atoms with Gasteiger partial charge in [0.2, 0.25) is 0 Å². The third kappa shape index (κ3) is 3.41. The normalized spacial score (nSPS) is 13.5. The van der Waals surface area contributed by atoms with Gasteiger partial charge in [0.15, 0.2) is 6.61 Å². The predicted octanol–water partition coefficient (Wildman–Crippen LogP) is 3.31. The van der Waals surface area contributed by atoms with Gasteiger partial charge in [0.25, 0.3) is 5.91 Å².